The molecule has 1 aromatic rings. The van der Waals surface area contributed by atoms with Crippen LogP contribution in [-0.4, -0.2) is 67.0 Å². The molecule has 2 rings (SSSR count). The van der Waals surface area contributed by atoms with Crippen molar-refractivity contribution in [3.63, 3.8) is 0 Å². The fraction of sp³-hybridized carbons (Fsp3) is 0.583. The van der Waals surface area contributed by atoms with Gasteiger partial charge in [-0.1, -0.05) is 0 Å². The summed E-state index contributed by atoms with van der Waals surface area (Å²) in [5, 5.41) is 10.4. The Morgan fingerprint density at radius 1 is 1.53 bits per heavy atom. The smallest absolute Gasteiger partial charge is 0.244 e. The molecule has 1 aliphatic heterocycles. The normalized spacial score (nSPS) is 25.1. The molecule has 1 aromatic heterocycles. The molecular formula is C12H19N3O3S. The number of aromatic nitrogens is 1. The maximum Gasteiger partial charge on any atom is 0.244 e. The van der Waals surface area contributed by atoms with Gasteiger partial charge in [-0.25, -0.2) is 8.42 Å². The van der Waals surface area contributed by atoms with Crippen molar-refractivity contribution in [2.75, 3.05) is 33.7 Å². The maximum absolute atomic E-state index is 12.4. The van der Waals surface area contributed by atoms with Crippen LogP contribution < -0.4 is 0 Å². The van der Waals surface area contributed by atoms with Gasteiger partial charge in [-0.3, -0.25) is 4.98 Å². The zero-order valence-electron chi connectivity index (χ0n) is 11.2. The molecule has 19 heavy (non-hydrogen) atoms. The minimum absolute atomic E-state index is 0.127. The second-order valence-corrected chi connectivity index (χ2v) is 7.18. The van der Waals surface area contributed by atoms with Crippen LogP contribution in [-0.2, 0) is 10.0 Å². The fourth-order valence-electron chi connectivity index (χ4n) is 2.39. The van der Waals surface area contributed by atoms with Crippen molar-refractivity contribution in [1.82, 2.24) is 14.2 Å². The number of sulfonamides is 1. The van der Waals surface area contributed by atoms with E-state index in [1.807, 2.05) is 19.0 Å². The predicted molar refractivity (Wildman–Crippen MR) is 71.1 cm³/mol. The van der Waals surface area contributed by atoms with Gasteiger partial charge in [0, 0.05) is 32.0 Å². The molecule has 0 saturated carbocycles. The quantitative estimate of drug-likeness (QED) is 0.827. The Hall–Kier alpha value is -1.02. The molecule has 0 amide bonds. The van der Waals surface area contributed by atoms with Crippen LogP contribution in [0.15, 0.2) is 29.4 Å². The predicted octanol–water partition coefficient (Wildman–Crippen LogP) is -0.231. The van der Waals surface area contributed by atoms with Gasteiger partial charge in [0.1, 0.15) is 4.90 Å². The van der Waals surface area contributed by atoms with Crippen LogP contribution in [0.1, 0.15) is 6.42 Å². The lowest BCUT2D eigenvalue weighted by Crippen LogP contribution is -2.43. The number of aliphatic hydroxyl groups is 1. The molecule has 0 aromatic carbocycles. The minimum Gasteiger partial charge on any atom is -0.387 e. The number of hydrogen-bond donors (Lipinski definition) is 1. The lowest BCUT2D eigenvalue weighted by molar-refractivity contribution is 0.0302. The maximum atomic E-state index is 12.4. The van der Waals surface area contributed by atoms with E-state index in [4.69, 9.17) is 0 Å². The lowest BCUT2D eigenvalue weighted by atomic mass is 10.0. The molecule has 1 atom stereocenters. The Kier molecular flexibility index (Phi) is 3.91. The van der Waals surface area contributed by atoms with Crippen LogP contribution in [0.5, 0.6) is 0 Å². The van der Waals surface area contributed by atoms with E-state index in [0.717, 1.165) is 0 Å². The van der Waals surface area contributed by atoms with Gasteiger partial charge in [0.05, 0.1) is 5.60 Å². The third kappa shape index (κ3) is 3.11. The molecule has 0 unspecified atom stereocenters. The van der Waals surface area contributed by atoms with Gasteiger partial charge in [-0.15, -0.1) is 0 Å². The van der Waals surface area contributed by atoms with Gasteiger partial charge in [0.2, 0.25) is 10.0 Å². The lowest BCUT2D eigenvalue weighted by Gasteiger charge is -2.26. The average Bonchev–Trinajstić information content (AvgIpc) is 2.72. The van der Waals surface area contributed by atoms with E-state index in [1.54, 1.807) is 6.07 Å². The molecule has 0 spiro atoms. The Morgan fingerprint density at radius 3 is 2.84 bits per heavy atom. The summed E-state index contributed by atoms with van der Waals surface area (Å²) >= 11 is 0. The third-order valence-electron chi connectivity index (χ3n) is 3.18. The second kappa shape index (κ2) is 5.16. The molecule has 7 heteroatoms. The monoisotopic (exact) mass is 285 g/mol. The van der Waals surface area contributed by atoms with Gasteiger partial charge in [0.25, 0.3) is 0 Å². The van der Waals surface area contributed by atoms with E-state index in [1.165, 1.54) is 22.8 Å². The summed E-state index contributed by atoms with van der Waals surface area (Å²) in [7, 11) is 0.162. The number of rotatable bonds is 4. The van der Waals surface area contributed by atoms with Crippen LogP contribution in [0.4, 0.5) is 0 Å². The average molecular weight is 285 g/mol. The highest BCUT2D eigenvalue weighted by atomic mass is 32.2. The van der Waals surface area contributed by atoms with E-state index in [9.17, 15) is 13.5 Å². The van der Waals surface area contributed by atoms with E-state index < -0.39 is 15.6 Å². The van der Waals surface area contributed by atoms with Gasteiger partial charge in [-0.05, 0) is 32.6 Å². The number of hydrogen-bond acceptors (Lipinski definition) is 5. The number of nitrogens with zero attached hydrogens (tertiary/aromatic N) is 3. The van der Waals surface area contributed by atoms with Crippen molar-refractivity contribution in [2.24, 2.45) is 0 Å². The minimum atomic E-state index is -3.55. The first-order chi connectivity index (χ1) is 8.83. The van der Waals surface area contributed by atoms with E-state index >= 15 is 0 Å². The molecule has 6 nitrogen and oxygen atoms in total. The molecular weight excluding hydrogens is 266 g/mol. The highest BCUT2D eigenvalue weighted by Crippen LogP contribution is 2.27. The molecule has 2 heterocycles. The molecule has 1 aliphatic rings. The van der Waals surface area contributed by atoms with Crippen LogP contribution in [0.25, 0.3) is 0 Å². The largest absolute Gasteiger partial charge is 0.387 e. The Morgan fingerprint density at radius 2 is 2.26 bits per heavy atom. The van der Waals surface area contributed by atoms with Gasteiger partial charge < -0.3 is 10.0 Å². The molecule has 0 bridgehead atoms. The van der Waals surface area contributed by atoms with Crippen molar-refractivity contribution in [1.29, 1.82) is 0 Å². The first-order valence-corrected chi connectivity index (χ1v) is 7.55. The second-order valence-electron chi connectivity index (χ2n) is 5.24. The van der Waals surface area contributed by atoms with Crippen molar-refractivity contribution in [3.05, 3.63) is 24.5 Å². The van der Waals surface area contributed by atoms with Crippen molar-refractivity contribution in [2.45, 2.75) is 16.9 Å². The third-order valence-corrected chi connectivity index (χ3v) is 5.01. The van der Waals surface area contributed by atoms with Crippen molar-refractivity contribution in [3.8, 4) is 0 Å². The molecule has 106 valence electrons. The number of pyridine rings is 1. The highest BCUT2D eigenvalue weighted by molar-refractivity contribution is 7.89. The summed E-state index contributed by atoms with van der Waals surface area (Å²) < 4.78 is 26.1. The van der Waals surface area contributed by atoms with E-state index in [0.29, 0.717) is 19.5 Å². The highest BCUT2D eigenvalue weighted by Gasteiger charge is 2.41. The molecule has 1 saturated heterocycles. The standard InChI is InChI=1S/C12H19N3O3S/c1-14(2)9-12(16)5-7-15(10-12)19(17,18)11-4-3-6-13-8-11/h3-4,6,8,16H,5,7,9-10H2,1-2H3/t12-/m1/s1. The van der Waals surface area contributed by atoms with Gasteiger partial charge in [0.15, 0.2) is 0 Å². The molecule has 1 fully saturated rings. The van der Waals surface area contributed by atoms with Crippen LogP contribution >= 0.6 is 0 Å². The van der Waals surface area contributed by atoms with Gasteiger partial charge in [-0.2, -0.15) is 4.31 Å². The van der Waals surface area contributed by atoms with Crippen molar-refractivity contribution < 1.29 is 13.5 Å². The zero-order chi connectivity index (χ0) is 14.1. The summed E-state index contributed by atoms with van der Waals surface area (Å²) in [6.45, 7) is 0.913. The number of likely N-dealkylation sites (N-methyl/N-ethyl adjacent to an activating group) is 1. The summed E-state index contributed by atoms with van der Waals surface area (Å²) in [6.07, 6.45) is 3.31. The summed E-state index contributed by atoms with van der Waals surface area (Å²) in [5.41, 5.74) is -0.973. The SMILES string of the molecule is CN(C)C[C@]1(O)CCN(S(=O)(=O)c2cccnc2)C1. The van der Waals surface area contributed by atoms with Crippen LogP contribution in [0.3, 0.4) is 0 Å². The first kappa shape index (κ1) is 14.4. The molecule has 0 aliphatic carbocycles. The van der Waals surface area contributed by atoms with Crippen LogP contribution in [0.2, 0.25) is 0 Å². The Labute approximate surface area is 113 Å². The summed E-state index contributed by atoms with van der Waals surface area (Å²) in [4.78, 5) is 5.86. The zero-order valence-corrected chi connectivity index (χ0v) is 12.0. The summed E-state index contributed by atoms with van der Waals surface area (Å²) in [5.74, 6) is 0. The van der Waals surface area contributed by atoms with E-state index in [-0.39, 0.29) is 11.4 Å². The first-order valence-electron chi connectivity index (χ1n) is 6.11. The van der Waals surface area contributed by atoms with Gasteiger partial charge >= 0.3 is 0 Å². The topological polar surface area (TPSA) is 73.7 Å². The Bertz CT molecular complexity index is 532. The molecule has 1 N–H and O–H groups in total. The fourth-order valence-corrected chi connectivity index (χ4v) is 3.88. The Balaban J connectivity index is 2.17. The summed E-state index contributed by atoms with van der Waals surface area (Å²) in [6, 6.07) is 3.11. The van der Waals surface area contributed by atoms with E-state index in [2.05, 4.69) is 4.98 Å². The molecule has 0 radical (unpaired) electrons. The van der Waals surface area contributed by atoms with Crippen molar-refractivity contribution >= 4 is 10.0 Å². The number of β-amino-alcohol motifs (C(OH)–C–C–N with tert-alkyl or cyclic N) is 1. The van der Waals surface area contributed by atoms with Crippen LogP contribution in [0, 0.1) is 0 Å².